The van der Waals surface area contributed by atoms with Gasteiger partial charge in [-0.2, -0.15) is 0 Å². The number of rotatable bonds is 8. The second kappa shape index (κ2) is 10.2. The van der Waals surface area contributed by atoms with Gasteiger partial charge in [-0.15, -0.1) is 11.8 Å². The van der Waals surface area contributed by atoms with Gasteiger partial charge < -0.3 is 9.40 Å². The molecule has 3 aromatic carbocycles. The van der Waals surface area contributed by atoms with Gasteiger partial charge in [-0.3, -0.25) is 0 Å². The molecule has 0 aliphatic rings. The average Bonchev–Trinajstić information content (AvgIpc) is 3.11. The number of hydrogen-bond acceptors (Lipinski definition) is 4. The minimum Gasteiger partial charge on any atom is -0.341 e. The second-order valence-corrected chi connectivity index (χ2v) is 9.19. The predicted octanol–water partition coefficient (Wildman–Crippen LogP) is 7.11. The number of aromatic nitrogens is 1. The summed E-state index contributed by atoms with van der Waals surface area (Å²) in [6.45, 7) is 4.46. The van der Waals surface area contributed by atoms with Crippen LogP contribution in [0.15, 0.2) is 76.8 Å². The SMILES string of the molecule is CCn1c2ccccc2c2cc(C/C(CCSc3ccc(Cl)cc3)=N/OC(C)=O)ccc21. The molecule has 0 amide bonds. The van der Waals surface area contributed by atoms with Crippen LogP contribution >= 0.6 is 23.4 Å². The molecule has 1 heterocycles. The average molecular weight is 465 g/mol. The number of hydrogen-bond donors (Lipinski definition) is 0. The molecule has 0 aliphatic carbocycles. The molecule has 32 heavy (non-hydrogen) atoms. The first-order chi connectivity index (χ1) is 15.5. The maximum Gasteiger partial charge on any atom is 0.331 e. The van der Waals surface area contributed by atoms with Crippen molar-refractivity contribution >= 4 is 56.8 Å². The van der Waals surface area contributed by atoms with Crippen LogP contribution in [0.4, 0.5) is 0 Å². The van der Waals surface area contributed by atoms with E-state index in [9.17, 15) is 4.79 Å². The Morgan fingerprint density at radius 3 is 2.53 bits per heavy atom. The van der Waals surface area contributed by atoms with E-state index in [0.29, 0.717) is 6.42 Å². The molecule has 0 unspecified atom stereocenters. The molecule has 0 fully saturated rings. The van der Waals surface area contributed by atoms with Crippen LogP contribution in [0.25, 0.3) is 21.8 Å². The van der Waals surface area contributed by atoms with Crippen LogP contribution in [0, 0.1) is 0 Å². The van der Waals surface area contributed by atoms with Crippen molar-refractivity contribution in [1.82, 2.24) is 4.57 Å². The lowest BCUT2D eigenvalue weighted by Gasteiger charge is -2.08. The van der Waals surface area contributed by atoms with Gasteiger partial charge in [-0.1, -0.05) is 41.0 Å². The third-order valence-corrected chi connectivity index (χ3v) is 6.60. The first kappa shape index (κ1) is 22.4. The summed E-state index contributed by atoms with van der Waals surface area (Å²) in [5, 5.41) is 7.37. The summed E-state index contributed by atoms with van der Waals surface area (Å²) in [7, 11) is 0. The summed E-state index contributed by atoms with van der Waals surface area (Å²) in [5.74, 6) is 0.424. The van der Waals surface area contributed by atoms with E-state index in [0.717, 1.165) is 39.9 Å². The molecule has 0 bridgehead atoms. The number of aryl methyl sites for hydroxylation is 1. The number of carbonyl (C=O) groups is 1. The zero-order chi connectivity index (χ0) is 22.5. The zero-order valence-electron chi connectivity index (χ0n) is 18.2. The van der Waals surface area contributed by atoms with Gasteiger partial charge in [0.05, 0.1) is 5.71 Å². The number of oxime groups is 1. The Hall–Kier alpha value is -2.76. The quantitative estimate of drug-likeness (QED) is 0.121. The van der Waals surface area contributed by atoms with Gasteiger partial charge in [0.15, 0.2) is 0 Å². The minimum absolute atomic E-state index is 0.408. The topological polar surface area (TPSA) is 43.6 Å². The van der Waals surface area contributed by atoms with Gasteiger partial charge in [0, 0.05) is 57.4 Å². The fourth-order valence-electron chi connectivity index (χ4n) is 3.90. The van der Waals surface area contributed by atoms with Crippen molar-refractivity contribution in [2.45, 2.75) is 38.1 Å². The lowest BCUT2D eigenvalue weighted by molar-refractivity contribution is -0.140. The molecule has 0 atom stereocenters. The van der Waals surface area contributed by atoms with Crippen LogP contribution in [0.1, 0.15) is 25.8 Å². The monoisotopic (exact) mass is 464 g/mol. The predicted molar refractivity (Wildman–Crippen MR) is 135 cm³/mol. The second-order valence-electron chi connectivity index (χ2n) is 7.58. The summed E-state index contributed by atoms with van der Waals surface area (Å²) < 4.78 is 2.34. The van der Waals surface area contributed by atoms with Gasteiger partial charge in [-0.25, -0.2) is 4.79 Å². The van der Waals surface area contributed by atoms with Crippen LogP contribution in [0.5, 0.6) is 0 Å². The van der Waals surface area contributed by atoms with Crippen molar-refractivity contribution in [2.24, 2.45) is 5.16 Å². The Balaban J connectivity index is 1.55. The van der Waals surface area contributed by atoms with Crippen molar-refractivity contribution in [1.29, 1.82) is 0 Å². The normalized spacial score (nSPS) is 11.9. The van der Waals surface area contributed by atoms with Crippen LogP contribution in [-0.2, 0) is 22.6 Å². The molecule has 0 aliphatic heterocycles. The van der Waals surface area contributed by atoms with Crippen molar-refractivity contribution in [3.8, 4) is 0 Å². The van der Waals surface area contributed by atoms with Crippen molar-refractivity contribution in [3.05, 3.63) is 77.3 Å². The molecule has 0 N–H and O–H groups in total. The van der Waals surface area contributed by atoms with Crippen molar-refractivity contribution < 1.29 is 9.63 Å². The number of nitrogens with zero attached hydrogens (tertiary/aromatic N) is 2. The van der Waals surface area contributed by atoms with E-state index in [1.54, 1.807) is 11.8 Å². The van der Waals surface area contributed by atoms with E-state index in [-0.39, 0.29) is 0 Å². The highest BCUT2D eigenvalue weighted by atomic mass is 35.5. The van der Waals surface area contributed by atoms with Crippen LogP contribution < -0.4 is 0 Å². The van der Waals surface area contributed by atoms with E-state index < -0.39 is 5.97 Å². The molecule has 4 aromatic rings. The maximum absolute atomic E-state index is 11.3. The Morgan fingerprint density at radius 1 is 1.03 bits per heavy atom. The number of thioether (sulfide) groups is 1. The first-order valence-corrected chi connectivity index (χ1v) is 12.0. The maximum atomic E-state index is 11.3. The minimum atomic E-state index is -0.408. The molecule has 1 aromatic heterocycles. The molecule has 6 heteroatoms. The van der Waals surface area contributed by atoms with Crippen LogP contribution in [-0.4, -0.2) is 22.0 Å². The molecule has 0 spiro atoms. The van der Waals surface area contributed by atoms with Crippen LogP contribution in [0.2, 0.25) is 5.02 Å². The Bertz CT molecular complexity index is 1280. The molecule has 4 rings (SSSR count). The summed E-state index contributed by atoms with van der Waals surface area (Å²) in [6.07, 6.45) is 1.35. The van der Waals surface area contributed by atoms with E-state index in [1.807, 2.05) is 24.3 Å². The highest BCUT2D eigenvalue weighted by Crippen LogP contribution is 2.30. The number of benzene rings is 3. The summed E-state index contributed by atoms with van der Waals surface area (Å²) in [5.41, 5.74) is 4.48. The number of halogens is 1. The third-order valence-electron chi connectivity index (χ3n) is 5.34. The van der Waals surface area contributed by atoms with Gasteiger partial charge in [0.1, 0.15) is 0 Å². The number of para-hydroxylation sites is 1. The largest absolute Gasteiger partial charge is 0.341 e. The van der Waals surface area contributed by atoms with E-state index in [1.165, 1.54) is 28.7 Å². The van der Waals surface area contributed by atoms with Crippen molar-refractivity contribution in [3.63, 3.8) is 0 Å². The molecule has 4 nitrogen and oxygen atoms in total. The van der Waals surface area contributed by atoms with E-state index in [4.69, 9.17) is 16.4 Å². The lowest BCUT2D eigenvalue weighted by Crippen LogP contribution is -2.07. The standard InChI is InChI=1S/C26H25ClN2O2S/c1-3-29-25-7-5-4-6-23(25)24-17-19(8-13-26(24)29)16-21(28-31-18(2)30)14-15-32-22-11-9-20(27)10-12-22/h4-13,17H,3,14-16H2,1-2H3/b28-21+. The van der Waals surface area contributed by atoms with E-state index in [2.05, 4.69) is 59.1 Å². The fourth-order valence-corrected chi connectivity index (χ4v) is 4.93. The van der Waals surface area contributed by atoms with Gasteiger partial charge >= 0.3 is 5.97 Å². The first-order valence-electron chi connectivity index (χ1n) is 10.7. The smallest absolute Gasteiger partial charge is 0.331 e. The summed E-state index contributed by atoms with van der Waals surface area (Å²) in [4.78, 5) is 17.5. The fraction of sp³-hybridized carbons (Fsp3) is 0.231. The summed E-state index contributed by atoms with van der Waals surface area (Å²) in [6, 6.07) is 22.8. The molecular formula is C26H25ClN2O2S. The molecule has 0 saturated heterocycles. The zero-order valence-corrected chi connectivity index (χ0v) is 19.7. The lowest BCUT2D eigenvalue weighted by atomic mass is 10.0. The van der Waals surface area contributed by atoms with Gasteiger partial charge in [0.2, 0.25) is 0 Å². The van der Waals surface area contributed by atoms with Crippen LogP contribution in [0.3, 0.4) is 0 Å². The summed E-state index contributed by atoms with van der Waals surface area (Å²) >= 11 is 7.70. The van der Waals surface area contributed by atoms with Gasteiger partial charge in [0.25, 0.3) is 0 Å². The Morgan fingerprint density at radius 2 is 1.78 bits per heavy atom. The Labute approximate surface area is 197 Å². The third kappa shape index (κ3) is 5.17. The van der Waals surface area contributed by atoms with Crippen molar-refractivity contribution in [2.75, 3.05) is 5.75 Å². The molecular weight excluding hydrogens is 440 g/mol. The molecule has 0 saturated carbocycles. The highest BCUT2D eigenvalue weighted by molar-refractivity contribution is 7.99. The highest BCUT2D eigenvalue weighted by Gasteiger charge is 2.11. The van der Waals surface area contributed by atoms with E-state index >= 15 is 0 Å². The molecule has 164 valence electrons. The van der Waals surface area contributed by atoms with Gasteiger partial charge in [-0.05, 0) is 61.4 Å². The molecule has 0 radical (unpaired) electrons. The number of fused-ring (bicyclic) bond motifs is 3. The number of carbonyl (C=O) groups excluding carboxylic acids is 1. The Kier molecular flexibility index (Phi) is 7.18.